The molecule has 36 heavy (non-hydrogen) atoms. The molecule has 4 rings (SSSR count). The molecule has 0 spiro atoms. The van der Waals surface area contributed by atoms with Crippen LogP contribution in [0.15, 0.2) is 59.6 Å². The van der Waals surface area contributed by atoms with Gasteiger partial charge in [0.15, 0.2) is 0 Å². The predicted molar refractivity (Wildman–Crippen MR) is 145 cm³/mol. The SMILES string of the molecule is CSc1nc(C)cc(Cl)c1NC(=O)N(Cc1ccc(Oc2ccc(F)cc2)cc1)C1CCCCCC1. The zero-order valence-corrected chi connectivity index (χ0v) is 22.2. The molecule has 1 aliphatic rings. The molecule has 0 atom stereocenters. The van der Waals surface area contributed by atoms with E-state index in [2.05, 4.69) is 10.3 Å². The third-order valence-corrected chi connectivity index (χ3v) is 7.32. The van der Waals surface area contributed by atoms with E-state index in [1.807, 2.05) is 42.3 Å². The minimum atomic E-state index is -0.304. The quantitative estimate of drug-likeness (QED) is 0.247. The molecule has 0 unspecified atom stereocenters. The average Bonchev–Trinajstić information content (AvgIpc) is 3.15. The molecule has 3 aromatic rings. The average molecular weight is 528 g/mol. The number of nitrogens with zero attached hydrogens (tertiary/aromatic N) is 2. The summed E-state index contributed by atoms with van der Waals surface area (Å²) in [6, 6.07) is 15.3. The number of aromatic nitrogens is 1. The maximum absolute atomic E-state index is 13.6. The molecule has 2 aromatic carbocycles. The summed E-state index contributed by atoms with van der Waals surface area (Å²) >= 11 is 7.97. The predicted octanol–water partition coefficient (Wildman–Crippen LogP) is 8.45. The van der Waals surface area contributed by atoms with Crippen LogP contribution in [-0.4, -0.2) is 28.2 Å². The summed E-state index contributed by atoms with van der Waals surface area (Å²) in [5, 5.41) is 4.25. The largest absolute Gasteiger partial charge is 0.457 e. The van der Waals surface area contributed by atoms with Crippen molar-refractivity contribution in [2.45, 2.75) is 63.1 Å². The van der Waals surface area contributed by atoms with Gasteiger partial charge in [-0.3, -0.25) is 0 Å². The second-order valence-corrected chi connectivity index (χ2v) is 10.2. The highest BCUT2D eigenvalue weighted by atomic mass is 35.5. The number of carbonyl (C=O) groups excluding carboxylic acids is 1. The number of ether oxygens (including phenoxy) is 1. The summed E-state index contributed by atoms with van der Waals surface area (Å²) in [4.78, 5) is 20.1. The number of pyridine rings is 1. The van der Waals surface area contributed by atoms with Gasteiger partial charge < -0.3 is 15.0 Å². The number of halogens is 2. The number of aryl methyl sites for hydroxylation is 1. The van der Waals surface area contributed by atoms with E-state index < -0.39 is 0 Å². The number of benzene rings is 2. The van der Waals surface area contributed by atoms with Crippen molar-refractivity contribution in [3.8, 4) is 11.5 Å². The van der Waals surface area contributed by atoms with Gasteiger partial charge in [-0.05, 0) is 74.0 Å². The molecule has 1 fully saturated rings. The number of hydrogen-bond donors (Lipinski definition) is 1. The third kappa shape index (κ3) is 6.92. The summed E-state index contributed by atoms with van der Waals surface area (Å²) in [6.07, 6.45) is 8.51. The lowest BCUT2D eigenvalue weighted by Gasteiger charge is -2.32. The molecule has 0 radical (unpaired) electrons. The third-order valence-electron chi connectivity index (χ3n) is 6.34. The van der Waals surface area contributed by atoms with Crippen LogP contribution in [0.1, 0.15) is 49.8 Å². The Hall–Kier alpha value is -2.77. The standard InChI is InChI=1S/C28H31ClFN3O2S/c1-19-17-25(29)26(27(31-19)36-2)32-28(34)33(22-7-5-3-4-6-8-22)18-20-9-13-23(14-10-20)35-24-15-11-21(30)12-16-24/h9-17,22H,3-8,18H2,1-2H3,(H,32,34). The molecule has 2 amide bonds. The van der Waals surface area contributed by atoms with Crippen LogP contribution in [0, 0.1) is 12.7 Å². The van der Waals surface area contributed by atoms with E-state index in [0.717, 1.165) is 36.9 Å². The minimum absolute atomic E-state index is 0.151. The fraction of sp³-hybridized carbons (Fsp3) is 0.357. The lowest BCUT2D eigenvalue weighted by atomic mass is 10.1. The van der Waals surface area contributed by atoms with Crippen molar-refractivity contribution in [2.24, 2.45) is 0 Å². The van der Waals surface area contributed by atoms with Crippen LogP contribution < -0.4 is 10.1 Å². The van der Waals surface area contributed by atoms with Gasteiger partial charge in [0.2, 0.25) is 0 Å². The Labute approximate surface area is 221 Å². The van der Waals surface area contributed by atoms with E-state index in [1.165, 1.54) is 36.7 Å². The van der Waals surface area contributed by atoms with Crippen LogP contribution in [-0.2, 0) is 6.54 Å². The fourth-order valence-electron chi connectivity index (χ4n) is 4.48. The summed E-state index contributed by atoms with van der Waals surface area (Å²) in [5.74, 6) is 0.914. The molecule has 1 aromatic heterocycles. The van der Waals surface area contributed by atoms with E-state index in [-0.39, 0.29) is 17.9 Å². The Bertz CT molecular complexity index is 1170. The first-order valence-corrected chi connectivity index (χ1v) is 13.8. The molecule has 1 aliphatic carbocycles. The lowest BCUT2D eigenvalue weighted by molar-refractivity contribution is 0.175. The van der Waals surface area contributed by atoms with Crippen molar-refractivity contribution in [2.75, 3.05) is 11.6 Å². The zero-order valence-electron chi connectivity index (χ0n) is 20.6. The van der Waals surface area contributed by atoms with Crippen LogP contribution in [0.3, 0.4) is 0 Å². The Morgan fingerprint density at radius 1 is 1.08 bits per heavy atom. The highest BCUT2D eigenvalue weighted by Crippen LogP contribution is 2.33. The molecule has 190 valence electrons. The van der Waals surface area contributed by atoms with Gasteiger partial charge >= 0.3 is 6.03 Å². The number of carbonyl (C=O) groups is 1. The second-order valence-electron chi connectivity index (χ2n) is 9.03. The number of thioether (sulfide) groups is 1. The maximum atomic E-state index is 13.6. The molecule has 1 saturated carbocycles. The topological polar surface area (TPSA) is 54.5 Å². The molecule has 0 bridgehead atoms. The Kier molecular flexibility index (Phi) is 9.10. The monoisotopic (exact) mass is 527 g/mol. The fourth-order valence-corrected chi connectivity index (χ4v) is 5.43. The van der Waals surface area contributed by atoms with Gasteiger partial charge in [0, 0.05) is 18.3 Å². The number of anilines is 1. The Morgan fingerprint density at radius 3 is 2.31 bits per heavy atom. The van der Waals surface area contributed by atoms with E-state index in [0.29, 0.717) is 33.8 Å². The number of urea groups is 1. The Morgan fingerprint density at radius 2 is 1.69 bits per heavy atom. The summed E-state index contributed by atoms with van der Waals surface area (Å²) in [6.45, 7) is 2.36. The molecule has 1 heterocycles. The highest BCUT2D eigenvalue weighted by Gasteiger charge is 2.26. The second kappa shape index (κ2) is 12.5. The van der Waals surface area contributed by atoms with E-state index in [9.17, 15) is 9.18 Å². The molecule has 0 saturated heterocycles. The van der Waals surface area contributed by atoms with Crippen LogP contribution in [0.5, 0.6) is 11.5 Å². The molecule has 8 heteroatoms. The maximum Gasteiger partial charge on any atom is 0.322 e. The van der Waals surface area contributed by atoms with Crippen molar-refractivity contribution in [3.63, 3.8) is 0 Å². The van der Waals surface area contributed by atoms with Crippen molar-refractivity contribution in [1.82, 2.24) is 9.88 Å². The first kappa shape index (κ1) is 26.3. The molecule has 0 aliphatic heterocycles. The van der Waals surface area contributed by atoms with Gasteiger partial charge in [-0.2, -0.15) is 0 Å². The van der Waals surface area contributed by atoms with Crippen molar-refractivity contribution >= 4 is 35.1 Å². The van der Waals surface area contributed by atoms with Crippen molar-refractivity contribution in [3.05, 3.63) is 76.7 Å². The molecular weight excluding hydrogens is 497 g/mol. The number of nitrogens with one attached hydrogen (secondary N) is 1. The van der Waals surface area contributed by atoms with Gasteiger partial charge in [0.05, 0.1) is 10.7 Å². The van der Waals surface area contributed by atoms with Gasteiger partial charge in [-0.25, -0.2) is 14.2 Å². The number of amides is 2. The van der Waals surface area contributed by atoms with Crippen LogP contribution >= 0.6 is 23.4 Å². The van der Waals surface area contributed by atoms with Gasteiger partial charge in [-0.1, -0.05) is 49.4 Å². The lowest BCUT2D eigenvalue weighted by Crippen LogP contribution is -2.42. The summed E-state index contributed by atoms with van der Waals surface area (Å²) in [5.41, 5.74) is 2.37. The van der Waals surface area contributed by atoms with Gasteiger partial charge in [0.1, 0.15) is 22.3 Å². The summed E-state index contributed by atoms with van der Waals surface area (Å²) in [7, 11) is 0. The number of hydrogen-bond acceptors (Lipinski definition) is 4. The van der Waals surface area contributed by atoms with Crippen molar-refractivity contribution < 1.29 is 13.9 Å². The van der Waals surface area contributed by atoms with E-state index in [4.69, 9.17) is 16.3 Å². The zero-order chi connectivity index (χ0) is 25.5. The van der Waals surface area contributed by atoms with Gasteiger partial charge in [0.25, 0.3) is 0 Å². The molecular formula is C28H31ClFN3O2S. The van der Waals surface area contributed by atoms with Crippen LogP contribution in [0.25, 0.3) is 0 Å². The Balaban J connectivity index is 1.53. The smallest absolute Gasteiger partial charge is 0.322 e. The molecule has 5 nitrogen and oxygen atoms in total. The number of rotatable bonds is 7. The van der Waals surface area contributed by atoms with Crippen molar-refractivity contribution in [1.29, 1.82) is 0 Å². The minimum Gasteiger partial charge on any atom is -0.457 e. The first-order valence-electron chi connectivity index (χ1n) is 12.2. The van der Waals surface area contributed by atoms with Crippen LogP contribution in [0.2, 0.25) is 5.02 Å². The molecule has 1 N–H and O–H groups in total. The van der Waals surface area contributed by atoms with E-state index >= 15 is 0 Å². The van der Waals surface area contributed by atoms with E-state index in [1.54, 1.807) is 18.2 Å². The first-order chi connectivity index (χ1) is 17.4. The normalized spacial score (nSPS) is 14.2. The van der Waals surface area contributed by atoms with Gasteiger partial charge in [-0.15, -0.1) is 11.8 Å². The van der Waals surface area contributed by atoms with Crippen LogP contribution in [0.4, 0.5) is 14.9 Å². The summed E-state index contributed by atoms with van der Waals surface area (Å²) < 4.78 is 19.0. The highest BCUT2D eigenvalue weighted by molar-refractivity contribution is 7.98.